The van der Waals surface area contributed by atoms with Gasteiger partial charge < -0.3 is 15.7 Å². The van der Waals surface area contributed by atoms with Gasteiger partial charge in [-0.1, -0.05) is 0 Å². The molecule has 0 aliphatic heterocycles. The number of hydrogen-bond acceptors (Lipinski definition) is 3. The summed E-state index contributed by atoms with van der Waals surface area (Å²) < 4.78 is 0. The quantitative estimate of drug-likeness (QED) is 0.731. The maximum atomic E-state index is 8.84. The number of anilines is 1. The molecule has 4 nitrogen and oxygen atoms in total. The minimum atomic E-state index is -0.0304. The van der Waals surface area contributed by atoms with Crippen LogP contribution in [-0.4, -0.2) is 23.4 Å². The van der Waals surface area contributed by atoms with Gasteiger partial charge in [0.25, 0.3) is 0 Å². The van der Waals surface area contributed by atoms with Gasteiger partial charge in [0.1, 0.15) is 0 Å². The van der Waals surface area contributed by atoms with Gasteiger partial charge in [-0.2, -0.15) is 5.26 Å². The minimum absolute atomic E-state index is 0.0304. The number of thiocarbonyl (C=S) groups is 1. The molecule has 0 bridgehead atoms. The molecular weight excluding hydrogens is 210 g/mol. The van der Waals surface area contributed by atoms with Gasteiger partial charge in [-0.15, -0.1) is 0 Å². The lowest BCUT2D eigenvalue weighted by Crippen LogP contribution is -2.37. The van der Waals surface area contributed by atoms with Gasteiger partial charge in [0.15, 0.2) is 5.11 Å². The first-order valence-electron chi connectivity index (χ1n) is 4.37. The lowest BCUT2D eigenvalue weighted by molar-refractivity contribution is 0.306. The third-order valence-electron chi connectivity index (χ3n) is 1.90. The van der Waals surface area contributed by atoms with Crippen molar-refractivity contribution in [3.63, 3.8) is 0 Å². The fraction of sp³-hybridized carbons (Fsp3) is 0.200. The number of hydrogen-bond donors (Lipinski definition) is 2. The van der Waals surface area contributed by atoms with E-state index in [0.717, 1.165) is 5.69 Å². The Morgan fingerprint density at radius 1 is 1.47 bits per heavy atom. The van der Waals surface area contributed by atoms with Crippen LogP contribution in [-0.2, 0) is 0 Å². The van der Waals surface area contributed by atoms with Crippen molar-refractivity contribution in [1.29, 1.82) is 5.26 Å². The summed E-state index contributed by atoms with van der Waals surface area (Å²) in [6.45, 7) is 0.318. The Morgan fingerprint density at radius 2 is 2.07 bits per heavy atom. The molecule has 0 saturated carbocycles. The van der Waals surface area contributed by atoms with Crippen LogP contribution in [0.3, 0.4) is 0 Å². The molecule has 0 atom stereocenters. The highest BCUT2D eigenvalue weighted by atomic mass is 32.1. The van der Waals surface area contributed by atoms with Crippen molar-refractivity contribution in [1.82, 2.24) is 0 Å². The van der Waals surface area contributed by atoms with E-state index in [4.69, 9.17) is 28.3 Å². The van der Waals surface area contributed by atoms with Crippen molar-refractivity contribution in [2.45, 2.75) is 0 Å². The van der Waals surface area contributed by atoms with Crippen LogP contribution in [0, 0.1) is 11.3 Å². The highest BCUT2D eigenvalue weighted by Crippen LogP contribution is 2.14. The molecule has 1 rings (SSSR count). The van der Waals surface area contributed by atoms with Crippen LogP contribution in [0.2, 0.25) is 0 Å². The summed E-state index contributed by atoms with van der Waals surface area (Å²) in [6.07, 6.45) is 0. The number of rotatable bonds is 3. The topological polar surface area (TPSA) is 73.3 Å². The van der Waals surface area contributed by atoms with Crippen LogP contribution >= 0.6 is 12.2 Å². The minimum Gasteiger partial charge on any atom is -0.395 e. The molecule has 3 N–H and O–H groups in total. The third-order valence-corrected chi connectivity index (χ3v) is 2.12. The standard InChI is InChI=1S/C10H11N3OS/c11-7-8-1-3-9(4-2-8)13(5-6-14)10(12)15/h1-4,14H,5-6H2,(H2,12,15). The van der Waals surface area contributed by atoms with Crippen molar-refractivity contribution < 1.29 is 5.11 Å². The van der Waals surface area contributed by atoms with E-state index in [1.165, 1.54) is 0 Å². The second kappa shape index (κ2) is 5.29. The van der Waals surface area contributed by atoms with Gasteiger partial charge in [-0.3, -0.25) is 0 Å². The molecule has 1 aromatic rings. The maximum Gasteiger partial charge on any atom is 0.170 e. The Hall–Kier alpha value is -1.64. The molecule has 1 aromatic carbocycles. The van der Waals surface area contributed by atoms with E-state index in [0.29, 0.717) is 12.1 Å². The van der Waals surface area contributed by atoms with Gasteiger partial charge in [-0.25, -0.2) is 0 Å². The van der Waals surface area contributed by atoms with Crippen molar-refractivity contribution >= 4 is 23.0 Å². The molecule has 0 aromatic heterocycles. The Balaban J connectivity index is 2.92. The molecule has 0 spiro atoms. The summed E-state index contributed by atoms with van der Waals surface area (Å²) in [5, 5.41) is 17.7. The Kier molecular flexibility index (Phi) is 4.03. The Morgan fingerprint density at radius 3 is 2.47 bits per heavy atom. The number of benzene rings is 1. The number of nitrogens with zero attached hydrogens (tertiary/aromatic N) is 2. The first-order chi connectivity index (χ1) is 7.19. The van der Waals surface area contributed by atoms with E-state index in [1.54, 1.807) is 29.2 Å². The second-order valence-corrected chi connectivity index (χ2v) is 3.29. The number of nitrogens with two attached hydrogens (primary N) is 1. The third kappa shape index (κ3) is 2.91. The van der Waals surface area contributed by atoms with E-state index in [1.807, 2.05) is 6.07 Å². The maximum absolute atomic E-state index is 8.84. The Bertz CT molecular complexity index is 383. The van der Waals surface area contributed by atoms with Gasteiger partial charge in [0, 0.05) is 12.2 Å². The summed E-state index contributed by atoms with van der Waals surface area (Å²) in [5.74, 6) is 0. The largest absolute Gasteiger partial charge is 0.395 e. The fourth-order valence-electron chi connectivity index (χ4n) is 1.18. The molecule has 15 heavy (non-hydrogen) atoms. The Labute approximate surface area is 93.5 Å². The summed E-state index contributed by atoms with van der Waals surface area (Å²) >= 11 is 4.85. The van der Waals surface area contributed by atoms with Crippen LogP contribution < -0.4 is 10.6 Å². The van der Waals surface area contributed by atoms with E-state index >= 15 is 0 Å². The van der Waals surface area contributed by atoms with Gasteiger partial charge >= 0.3 is 0 Å². The molecule has 0 amide bonds. The average Bonchev–Trinajstić information content (AvgIpc) is 2.26. The summed E-state index contributed by atoms with van der Waals surface area (Å²) in [7, 11) is 0. The van der Waals surface area contributed by atoms with Crippen LogP contribution in [0.1, 0.15) is 5.56 Å². The lowest BCUT2D eigenvalue weighted by atomic mass is 10.2. The highest BCUT2D eigenvalue weighted by molar-refractivity contribution is 7.80. The number of aliphatic hydroxyl groups excluding tert-OH is 1. The molecule has 0 unspecified atom stereocenters. The molecule has 0 heterocycles. The predicted octanol–water partition coefficient (Wildman–Crippen LogP) is 0.601. The molecule has 78 valence electrons. The highest BCUT2D eigenvalue weighted by Gasteiger charge is 2.07. The molecule has 0 aliphatic rings. The first kappa shape index (κ1) is 11.4. The zero-order valence-electron chi connectivity index (χ0n) is 8.05. The molecule has 0 aliphatic carbocycles. The number of nitriles is 1. The normalized spacial score (nSPS) is 9.33. The summed E-state index contributed by atoms with van der Waals surface area (Å²) in [6, 6.07) is 8.87. The second-order valence-electron chi connectivity index (χ2n) is 2.87. The van der Waals surface area contributed by atoms with Crippen molar-refractivity contribution in [2.75, 3.05) is 18.1 Å². The smallest absolute Gasteiger partial charge is 0.170 e. The summed E-state index contributed by atoms with van der Waals surface area (Å²) in [5.41, 5.74) is 6.85. The summed E-state index contributed by atoms with van der Waals surface area (Å²) in [4.78, 5) is 1.61. The molecule has 0 saturated heterocycles. The van der Waals surface area contributed by atoms with Crippen LogP contribution in [0.25, 0.3) is 0 Å². The van der Waals surface area contributed by atoms with Gasteiger partial charge in [-0.05, 0) is 36.5 Å². The van der Waals surface area contributed by atoms with Crippen LogP contribution in [0.5, 0.6) is 0 Å². The zero-order valence-corrected chi connectivity index (χ0v) is 8.87. The zero-order chi connectivity index (χ0) is 11.3. The lowest BCUT2D eigenvalue weighted by Gasteiger charge is -2.21. The van der Waals surface area contributed by atoms with Crippen LogP contribution in [0.15, 0.2) is 24.3 Å². The predicted molar refractivity (Wildman–Crippen MR) is 62.4 cm³/mol. The van der Waals surface area contributed by atoms with E-state index in [2.05, 4.69) is 0 Å². The van der Waals surface area contributed by atoms with Crippen molar-refractivity contribution in [3.05, 3.63) is 29.8 Å². The molecule has 5 heteroatoms. The van der Waals surface area contributed by atoms with Gasteiger partial charge in [0.2, 0.25) is 0 Å². The van der Waals surface area contributed by atoms with E-state index < -0.39 is 0 Å². The van der Waals surface area contributed by atoms with Crippen molar-refractivity contribution in [2.24, 2.45) is 5.73 Å². The molecular formula is C10H11N3OS. The SMILES string of the molecule is N#Cc1ccc(N(CCO)C(N)=S)cc1. The average molecular weight is 221 g/mol. The monoisotopic (exact) mass is 221 g/mol. The molecule has 0 radical (unpaired) electrons. The fourth-order valence-corrected chi connectivity index (χ4v) is 1.38. The van der Waals surface area contributed by atoms with E-state index in [9.17, 15) is 0 Å². The van der Waals surface area contributed by atoms with Crippen molar-refractivity contribution in [3.8, 4) is 6.07 Å². The van der Waals surface area contributed by atoms with E-state index in [-0.39, 0.29) is 11.7 Å². The van der Waals surface area contributed by atoms with Gasteiger partial charge in [0.05, 0.1) is 18.2 Å². The molecule has 0 fully saturated rings. The van der Waals surface area contributed by atoms with Crippen LogP contribution in [0.4, 0.5) is 5.69 Å². The first-order valence-corrected chi connectivity index (χ1v) is 4.78. The number of aliphatic hydroxyl groups is 1.